The van der Waals surface area contributed by atoms with Crippen molar-refractivity contribution < 1.29 is 9.84 Å². The minimum absolute atomic E-state index is 0.105. The Labute approximate surface area is 99.6 Å². The van der Waals surface area contributed by atoms with E-state index < -0.39 is 0 Å². The van der Waals surface area contributed by atoms with E-state index in [0.29, 0.717) is 19.3 Å². The van der Waals surface area contributed by atoms with E-state index in [-0.39, 0.29) is 11.6 Å². The third-order valence-corrected chi connectivity index (χ3v) is 3.53. The van der Waals surface area contributed by atoms with Crippen LogP contribution in [0, 0.1) is 0 Å². The van der Waals surface area contributed by atoms with Crippen LogP contribution in [0.3, 0.4) is 0 Å². The van der Waals surface area contributed by atoms with E-state index in [1.165, 1.54) is 25.7 Å². The predicted octanol–water partition coefficient (Wildman–Crippen LogP) is 2.08. The summed E-state index contributed by atoms with van der Waals surface area (Å²) < 4.78 is 5.67. The third kappa shape index (κ3) is 5.28. The molecule has 0 radical (unpaired) electrons. The molecule has 0 heterocycles. The molecule has 1 saturated carbocycles. The Balaban J connectivity index is 2.08. The van der Waals surface area contributed by atoms with Gasteiger partial charge in [-0.2, -0.15) is 0 Å². The maximum Gasteiger partial charge on any atom is 0.0898 e. The van der Waals surface area contributed by atoms with Crippen molar-refractivity contribution in [2.75, 3.05) is 13.2 Å². The monoisotopic (exact) mass is 229 g/mol. The fourth-order valence-corrected chi connectivity index (χ4v) is 1.88. The van der Waals surface area contributed by atoms with Crippen LogP contribution in [-0.4, -0.2) is 36.0 Å². The van der Waals surface area contributed by atoms with Gasteiger partial charge in [0.25, 0.3) is 0 Å². The molecule has 3 nitrogen and oxygen atoms in total. The van der Waals surface area contributed by atoms with Crippen LogP contribution in [0.1, 0.15) is 52.9 Å². The molecule has 0 aromatic carbocycles. The van der Waals surface area contributed by atoms with Crippen LogP contribution >= 0.6 is 0 Å². The number of aliphatic hydroxyl groups is 1. The van der Waals surface area contributed by atoms with Gasteiger partial charge in [-0.25, -0.2) is 0 Å². The summed E-state index contributed by atoms with van der Waals surface area (Å²) in [6.45, 7) is 7.54. The second kappa shape index (κ2) is 6.58. The molecule has 0 aliphatic heterocycles. The normalized spacial score (nSPS) is 20.2. The van der Waals surface area contributed by atoms with Crippen molar-refractivity contribution in [3.63, 3.8) is 0 Å². The zero-order valence-corrected chi connectivity index (χ0v) is 11.0. The van der Waals surface area contributed by atoms with Crippen molar-refractivity contribution >= 4 is 0 Å². The Morgan fingerprint density at radius 3 is 2.56 bits per heavy atom. The van der Waals surface area contributed by atoms with Crippen molar-refractivity contribution in [1.29, 1.82) is 0 Å². The van der Waals surface area contributed by atoms with Gasteiger partial charge < -0.3 is 15.2 Å². The molecule has 1 aliphatic carbocycles. The van der Waals surface area contributed by atoms with Crippen molar-refractivity contribution in [2.24, 2.45) is 0 Å². The highest BCUT2D eigenvalue weighted by molar-refractivity contribution is 4.77. The number of β-amino-alcohol motifs (C(OH)–C–C–N with tert-alkyl or cyclic N) is 1. The molecule has 0 bridgehead atoms. The minimum atomic E-state index is -0.383. The Kier molecular flexibility index (Phi) is 5.73. The number of aliphatic hydroxyl groups excluding tert-OH is 1. The molecule has 1 rings (SSSR count). The largest absolute Gasteiger partial charge is 0.389 e. The molecule has 96 valence electrons. The summed E-state index contributed by atoms with van der Waals surface area (Å²) in [5.74, 6) is 0. The van der Waals surface area contributed by atoms with Gasteiger partial charge in [-0.1, -0.05) is 19.8 Å². The highest BCUT2D eigenvalue weighted by Gasteiger charge is 2.19. The lowest BCUT2D eigenvalue weighted by atomic mass is 10.0. The molecule has 2 N–H and O–H groups in total. The average Bonchev–Trinajstić information content (AvgIpc) is 2.76. The van der Waals surface area contributed by atoms with Crippen LogP contribution in [0.15, 0.2) is 0 Å². The van der Waals surface area contributed by atoms with E-state index in [1.807, 2.05) is 0 Å². The third-order valence-electron chi connectivity index (χ3n) is 3.53. The Hall–Kier alpha value is -0.120. The van der Waals surface area contributed by atoms with Crippen molar-refractivity contribution in [3.05, 3.63) is 0 Å². The first kappa shape index (κ1) is 13.9. The first-order chi connectivity index (χ1) is 7.53. The fourth-order valence-electron chi connectivity index (χ4n) is 1.88. The summed E-state index contributed by atoms with van der Waals surface area (Å²) in [4.78, 5) is 0. The number of hydrogen-bond donors (Lipinski definition) is 2. The second-order valence-electron chi connectivity index (χ2n) is 5.51. The molecule has 1 unspecified atom stereocenters. The summed E-state index contributed by atoms with van der Waals surface area (Å²) >= 11 is 0. The van der Waals surface area contributed by atoms with Gasteiger partial charge in [0.05, 0.1) is 18.8 Å². The van der Waals surface area contributed by atoms with E-state index in [0.717, 1.165) is 6.42 Å². The van der Waals surface area contributed by atoms with Gasteiger partial charge in [0.2, 0.25) is 0 Å². The molecule has 0 saturated heterocycles. The highest BCUT2D eigenvalue weighted by atomic mass is 16.5. The van der Waals surface area contributed by atoms with E-state index >= 15 is 0 Å². The number of rotatable bonds is 7. The van der Waals surface area contributed by atoms with E-state index in [1.54, 1.807) is 0 Å². The smallest absolute Gasteiger partial charge is 0.0898 e. The van der Waals surface area contributed by atoms with E-state index in [4.69, 9.17) is 4.74 Å². The van der Waals surface area contributed by atoms with Crippen molar-refractivity contribution in [2.45, 2.75) is 70.6 Å². The van der Waals surface area contributed by atoms with Gasteiger partial charge >= 0.3 is 0 Å². The number of hydrogen-bond acceptors (Lipinski definition) is 3. The maximum absolute atomic E-state index is 9.78. The summed E-state index contributed by atoms with van der Waals surface area (Å²) in [6.07, 6.45) is 5.97. The lowest BCUT2D eigenvalue weighted by Crippen LogP contribution is -2.44. The topological polar surface area (TPSA) is 41.5 Å². The maximum atomic E-state index is 9.78. The van der Waals surface area contributed by atoms with Gasteiger partial charge in [-0.05, 0) is 33.1 Å². The Morgan fingerprint density at radius 2 is 2.00 bits per heavy atom. The first-order valence-electron chi connectivity index (χ1n) is 6.58. The quantitative estimate of drug-likeness (QED) is 0.702. The average molecular weight is 229 g/mol. The summed E-state index contributed by atoms with van der Waals surface area (Å²) in [5, 5.41) is 13.1. The fraction of sp³-hybridized carbons (Fsp3) is 1.00. The first-order valence-corrected chi connectivity index (χ1v) is 6.58. The standard InChI is InChI=1S/C13H27NO2/c1-4-13(2,3)14-9-11(15)10-16-12-7-5-6-8-12/h11-12,14-15H,4-10H2,1-3H3. The van der Waals surface area contributed by atoms with Crippen molar-refractivity contribution in [1.82, 2.24) is 5.32 Å². The summed E-state index contributed by atoms with van der Waals surface area (Å²) in [5.41, 5.74) is 0.105. The van der Waals surface area contributed by atoms with Gasteiger partial charge in [-0.3, -0.25) is 0 Å². The van der Waals surface area contributed by atoms with Crippen LogP contribution in [0.25, 0.3) is 0 Å². The molecule has 16 heavy (non-hydrogen) atoms. The number of nitrogens with one attached hydrogen (secondary N) is 1. The van der Waals surface area contributed by atoms with Gasteiger partial charge in [0.1, 0.15) is 0 Å². The molecule has 0 aromatic rings. The SMILES string of the molecule is CCC(C)(C)NCC(O)COC1CCCC1. The van der Waals surface area contributed by atoms with Gasteiger partial charge in [0.15, 0.2) is 0 Å². The zero-order chi connectivity index (χ0) is 12.0. The van der Waals surface area contributed by atoms with Crippen LogP contribution in [0.5, 0.6) is 0 Å². The van der Waals surface area contributed by atoms with E-state index in [2.05, 4.69) is 26.1 Å². The molecule has 1 atom stereocenters. The lowest BCUT2D eigenvalue weighted by Gasteiger charge is -2.26. The predicted molar refractivity (Wildman–Crippen MR) is 66.6 cm³/mol. The van der Waals surface area contributed by atoms with Gasteiger partial charge in [0, 0.05) is 12.1 Å². The van der Waals surface area contributed by atoms with Crippen molar-refractivity contribution in [3.8, 4) is 0 Å². The van der Waals surface area contributed by atoms with Crippen LogP contribution in [-0.2, 0) is 4.74 Å². The molecular formula is C13H27NO2. The second-order valence-corrected chi connectivity index (χ2v) is 5.51. The molecule has 3 heteroatoms. The number of ether oxygens (including phenoxy) is 1. The molecule has 0 amide bonds. The molecule has 0 aromatic heterocycles. The summed E-state index contributed by atoms with van der Waals surface area (Å²) in [7, 11) is 0. The molecule has 0 spiro atoms. The highest BCUT2D eigenvalue weighted by Crippen LogP contribution is 2.20. The van der Waals surface area contributed by atoms with Crippen LogP contribution < -0.4 is 5.32 Å². The molecular weight excluding hydrogens is 202 g/mol. The Morgan fingerprint density at radius 1 is 1.38 bits per heavy atom. The Bertz CT molecular complexity index is 188. The zero-order valence-electron chi connectivity index (χ0n) is 11.0. The lowest BCUT2D eigenvalue weighted by molar-refractivity contribution is -0.00749. The summed E-state index contributed by atoms with van der Waals surface area (Å²) in [6, 6.07) is 0. The van der Waals surface area contributed by atoms with Gasteiger partial charge in [-0.15, -0.1) is 0 Å². The van der Waals surface area contributed by atoms with Crippen LogP contribution in [0.4, 0.5) is 0 Å². The van der Waals surface area contributed by atoms with Crippen LogP contribution in [0.2, 0.25) is 0 Å². The van der Waals surface area contributed by atoms with E-state index in [9.17, 15) is 5.11 Å². The minimum Gasteiger partial charge on any atom is -0.389 e. The molecule has 1 fully saturated rings. The molecule has 1 aliphatic rings.